The summed E-state index contributed by atoms with van der Waals surface area (Å²) < 4.78 is 0. The monoisotopic (exact) mass is 279 g/mol. The maximum Gasteiger partial charge on any atom is 0.138 e. The fourth-order valence-electron chi connectivity index (χ4n) is 1.32. The zero-order valence-corrected chi connectivity index (χ0v) is 11.4. The van der Waals surface area contributed by atoms with E-state index in [-0.39, 0.29) is 5.75 Å². The summed E-state index contributed by atoms with van der Waals surface area (Å²) in [5.74, 6) is 1.25. The van der Waals surface area contributed by atoms with Gasteiger partial charge in [-0.05, 0) is 37.1 Å². The molecule has 0 saturated carbocycles. The van der Waals surface area contributed by atoms with Crippen LogP contribution in [0.15, 0.2) is 12.1 Å². The van der Waals surface area contributed by atoms with Crippen molar-refractivity contribution >= 4 is 35.0 Å². The van der Waals surface area contributed by atoms with Gasteiger partial charge in [-0.3, -0.25) is 0 Å². The second-order valence-corrected chi connectivity index (χ2v) is 5.25. The molecule has 1 aromatic rings. The first kappa shape index (κ1) is 14.0. The van der Waals surface area contributed by atoms with Gasteiger partial charge in [-0.15, -0.1) is 0 Å². The molecule has 0 unspecified atom stereocenters. The number of aromatic hydroxyl groups is 1. The molecular formula is C11H15Cl2NOS. The van der Waals surface area contributed by atoms with E-state index in [4.69, 9.17) is 23.2 Å². The third-order valence-electron chi connectivity index (χ3n) is 2.12. The summed E-state index contributed by atoms with van der Waals surface area (Å²) >= 11 is 13.5. The third kappa shape index (κ3) is 4.42. The highest BCUT2D eigenvalue weighted by Crippen LogP contribution is 2.30. The number of rotatable bonds is 6. The number of hydrogen-bond acceptors (Lipinski definition) is 3. The van der Waals surface area contributed by atoms with Crippen molar-refractivity contribution in [3.8, 4) is 5.75 Å². The van der Waals surface area contributed by atoms with Crippen molar-refractivity contribution in [1.29, 1.82) is 0 Å². The first-order valence-corrected chi connectivity index (χ1v) is 7.16. The Morgan fingerprint density at radius 2 is 2.12 bits per heavy atom. The van der Waals surface area contributed by atoms with Crippen LogP contribution in [0, 0.1) is 0 Å². The Bertz CT molecular complexity index is 347. The number of thioether (sulfide) groups is 1. The van der Waals surface area contributed by atoms with Gasteiger partial charge in [0.25, 0.3) is 0 Å². The first-order valence-electron chi connectivity index (χ1n) is 5.01. The lowest BCUT2D eigenvalue weighted by Crippen LogP contribution is -2.15. The predicted molar refractivity (Wildman–Crippen MR) is 72.8 cm³/mol. The second kappa shape index (κ2) is 7.28. The SMILES string of the molecule is CSCCCNCc1cc(Cl)cc(Cl)c1O. The van der Waals surface area contributed by atoms with Crippen LogP contribution in [0.4, 0.5) is 0 Å². The van der Waals surface area contributed by atoms with Crippen molar-refractivity contribution in [2.45, 2.75) is 13.0 Å². The highest BCUT2D eigenvalue weighted by atomic mass is 35.5. The minimum absolute atomic E-state index is 0.114. The number of phenolic OH excluding ortho intramolecular Hbond substituents is 1. The molecule has 0 aliphatic rings. The van der Waals surface area contributed by atoms with Crippen molar-refractivity contribution in [1.82, 2.24) is 5.32 Å². The second-order valence-electron chi connectivity index (χ2n) is 3.42. The van der Waals surface area contributed by atoms with Crippen molar-refractivity contribution in [3.63, 3.8) is 0 Å². The molecule has 0 fully saturated rings. The van der Waals surface area contributed by atoms with Crippen molar-refractivity contribution < 1.29 is 5.11 Å². The fourth-order valence-corrected chi connectivity index (χ4v) is 2.29. The van der Waals surface area contributed by atoms with Crippen LogP contribution in [-0.4, -0.2) is 23.7 Å². The molecule has 0 aromatic heterocycles. The summed E-state index contributed by atoms with van der Waals surface area (Å²) in [6, 6.07) is 3.26. The van der Waals surface area contributed by atoms with Crippen LogP contribution >= 0.6 is 35.0 Å². The molecule has 90 valence electrons. The molecule has 0 aliphatic heterocycles. The highest BCUT2D eigenvalue weighted by molar-refractivity contribution is 7.98. The lowest BCUT2D eigenvalue weighted by atomic mass is 10.2. The van der Waals surface area contributed by atoms with Gasteiger partial charge >= 0.3 is 0 Å². The highest BCUT2D eigenvalue weighted by Gasteiger charge is 2.07. The largest absolute Gasteiger partial charge is 0.506 e. The van der Waals surface area contributed by atoms with Gasteiger partial charge in [0.05, 0.1) is 5.02 Å². The van der Waals surface area contributed by atoms with Crippen LogP contribution in [0.3, 0.4) is 0 Å². The summed E-state index contributed by atoms with van der Waals surface area (Å²) in [5, 5.41) is 13.8. The lowest BCUT2D eigenvalue weighted by Gasteiger charge is -2.08. The number of benzene rings is 1. The van der Waals surface area contributed by atoms with E-state index >= 15 is 0 Å². The van der Waals surface area contributed by atoms with Gasteiger partial charge in [0.2, 0.25) is 0 Å². The molecule has 0 bridgehead atoms. The summed E-state index contributed by atoms with van der Waals surface area (Å²) in [4.78, 5) is 0. The molecule has 0 aliphatic carbocycles. The van der Waals surface area contributed by atoms with E-state index in [0.717, 1.165) is 24.3 Å². The van der Waals surface area contributed by atoms with E-state index in [1.807, 2.05) is 11.8 Å². The van der Waals surface area contributed by atoms with E-state index in [1.165, 1.54) is 6.07 Å². The van der Waals surface area contributed by atoms with Gasteiger partial charge in [-0.25, -0.2) is 0 Å². The Balaban J connectivity index is 2.47. The standard InChI is InChI=1S/C11H15Cl2NOS/c1-16-4-2-3-14-7-8-5-9(12)6-10(13)11(8)15/h5-6,14-15H,2-4,7H2,1H3. The fraction of sp³-hybridized carbons (Fsp3) is 0.455. The van der Waals surface area contributed by atoms with Crippen LogP contribution in [-0.2, 0) is 6.54 Å². The van der Waals surface area contributed by atoms with Crippen LogP contribution in [0.2, 0.25) is 10.0 Å². The number of hydrogen-bond donors (Lipinski definition) is 2. The summed E-state index contributed by atoms with van der Waals surface area (Å²) in [5.41, 5.74) is 0.738. The zero-order valence-electron chi connectivity index (χ0n) is 9.09. The molecule has 1 aromatic carbocycles. The Morgan fingerprint density at radius 3 is 2.81 bits per heavy atom. The molecule has 0 radical (unpaired) electrons. The smallest absolute Gasteiger partial charge is 0.138 e. The van der Waals surface area contributed by atoms with Crippen molar-refractivity contribution in [2.24, 2.45) is 0 Å². The molecule has 0 spiro atoms. The van der Waals surface area contributed by atoms with Crippen LogP contribution in [0.5, 0.6) is 5.75 Å². The Kier molecular flexibility index (Phi) is 6.36. The number of nitrogens with one attached hydrogen (secondary N) is 1. The molecule has 2 nitrogen and oxygen atoms in total. The molecular weight excluding hydrogens is 265 g/mol. The Hall–Kier alpha value is -0.0900. The van der Waals surface area contributed by atoms with Gasteiger partial charge < -0.3 is 10.4 Å². The predicted octanol–water partition coefficient (Wildman–Crippen LogP) is 3.54. The van der Waals surface area contributed by atoms with Gasteiger partial charge in [0.15, 0.2) is 0 Å². The van der Waals surface area contributed by atoms with E-state index in [9.17, 15) is 5.11 Å². The molecule has 0 saturated heterocycles. The topological polar surface area (TPSA) is 32.3 Å². The Morgan fingerprint density at radius 1 is 1.38 bits per heavy atom. The molecule has 0 amide bonds. The van der Waals surface area contributed by atoms with Crippen LogP contribution in [0.25, 0.3) is 0 Å². The van der Waals surface area contributed by atoms with Crippen molar-refractivity contribution in [2.75, 3.05) is 18.6 Å². The maximum atomic E-state index is 9.69. The average molecular weight is 280 g/mol. The average Bonchev–Trinajstić information content (AvgIpc) is 2.24. The summed E-state index contributed by atoms with van der Waals surface area (Å²) in [6.45, 7) is 1.50. The maximum absolute atomic E-state index is 9.69. The van der Waals surface area contributed by atoms with Crippen LogP contribution < -0.4 is 5.32 Å². The minimum Gasteiger partial charge on any atom is -0.506 e. The minimum atomic E-state index is 0.114. The number of phenols is 1. The van der Waals surface area contributed by atoms with E-state index < -0.39 is 0 Å². The first-order chi connectivity index (χ1) is 7.65. The quantitative estimate of drug-likeness (QED) is 0.782. The van der Waals surface area contributed by atoms with Gasteiger partial charge in [0, 0.05) is 17.1 Å². The van der Waals surface area contributed by atoms with Gasteiger partial charge in [-0.1, -0.05) is 23.2 Å². The number of halogens is 2. The van der Waals surface area contributed by atoms with Crippen LogP contribution in [0.1, 0.15) is 12.0 Å². The lowest BCUT2D eigenvalue weighted by molar-refractivity contribution is 0.465. The Labute approximate surface area is 110 Å². The molecule has 16 heavy (non-hydrogen) atoms. The molecule has 0 heterocycles. The molecule has 5 heteroatoms. The molecule has 1 rings (SSSR count). The normalized spacial score (nSPS) is 10.7. The van der Waals surface area contributed by atoms with Gasteiger partial charge in [-0.2, -0.15) is 11.8 Å². The third-order valence-corrected chi connectivity index (χ3v) is 3.33. The van der Waals surface area contributed by atoms with Gasteiger partial charge in [0.1, 0.15) is 5.75 Å². The van der Waals surface area contributed by atoms with E-state index in [0.29, 0.717) is 16.6 Å². The summed E-state index contributed by atoms with van der Waals surface area (Å²) in [6.07, 6.45) is 3.19. The van der Waals surface area contributed by atoms with E-state index in [1.54, 1.807) is 6.07 Å². The molecule has 0 atom stereocenters. The zero-order chi connectivity index (χ0) is 12.0. The summed E-state index contributed by atoms with van der Waals surface area (Å²) in [7, 11) is 0. The molecule has 2 N–H and O–H groups in total. The van der Waals surface area contributed by atoms with E-state index in [2.05, 4.69) is 11.6 Å². The van der Waals surface area contributed by atoms with Crippen molar-refractivity contribution in [3.05, 3.63) is 27.7 Å².